The number of benzene rings is 2. The second-order valence-electron chi connectivity index (χ2n) is 4.54. The number of nitrogens with zero attached hydrogens (tertiary/aromatic N) is 1. The van der Waals surface area contributed by atoms with E-state index in [1.54, 1.807) is 24.3 Å². The van der Waals surface area contributed by atoms with Crippen molar-refractivity contribution in [1.29, 1.82) is 0 Å². The maximum atomic E-state index is 13.2. The Kier molecular flexibility index (Phi) is 3.58. The molecule has 1 aromatic heterocycles. The lowest BCUT2D eigenvalue weighted by atomic mass is 10.2. The molecule has 0 saturated carbocycles. The minimum atomic E-state index is -0.426. The molecule has 0 aliphatic heterocycles. The molecule has 0 unspecified atom stereocenters. The van der Waals surface area contributed by atoms with Gasteiger partial charge < -0.3 is 10.3 Å². The van der Waals surface area contributed by atoms with Crippen molar-refractivity contribution in [3.8, 4) is 0 Å². The van der Waals surface area contributed by atoms with E-state index in [9.17, 15) is 9.18 Å². The van der Waals surface area contributed by atoms with E-state index in [1.165, 1.54) is 12.1 Å². The predicted octanol–water partition coefficient (Wildman–Crippen LogP) is 3.33. The van der Waals surface area contributed by atoms with Crippen LogP contribution in [0.2, 0.25) is 5.02 Å². The molecule has 0 bridgehead atoms. The van der Waals surface area contributed by atoms with Crippen LogP contribution in [0, 0.1) is 5.82 Å². The minimum Gasteiger partial charge on any atom is -0.378 e. The van der Waals surface area contributed by atoms with Gasteiger partial charge in [-0.3, -0.25) is 4.79 Å². The van der Waals surface area contributed by atoms with Crippen LogP contribution in [0.25, 0.3) is 10.9 Å². The number of hydrogen-bond donors (Lipinski definition) is 2. The lowest BCUT2D eigenvalue weighted by Gasteiger charge is -2.07. The number of halogens is 2. The molecule has 1 heterocycles. The summed E-state index contributed by atoms with van der Waals surface area (Å²) in [6.45, 7) is 0.264. The monoisotopic (exact) mass is 303 g/mol. The molecule has 0 aliphatic carbocycles. The average Bonchev–Trinajstić information content (AvgIpc) is 2.44. The van der Waals surface area contributed by atoms with Crippen LogP contribution in [0.15, 0.2) is 47.3 Å². The average molecular weight is 304 g/mol. The number of aromatic amines is 1. The smallest absolute Gasteiger partial charge is 0.258 e. The predicted molar refractivity (Wildman–Crippen MR) is 81.1 cm³/mol. The molecule has 0 aliphatic rings. The second-order valence-corrected chi connectivity index (χ2v) is 4.98. The zero-order valence-corrected chi connectivity index (χ0v) is 11.6. The highest BCUT2D eigenvalue weighted by Crippen LogP contribution is 2.18. The van der Waals surface area contributed by atoms with Gasteiger partial charge in [0.05, 0.1) is 17.4 Å². The quantitative estimate of drug-likeness (QED) is 0.780. The fourth-order valence-corrected chi connectivity index (χ4v) is 2.28. The molecule has 4 nitrogen and oxygen atoms in total. The molecule has 21 heavy (non-hydrogen) atoms. The van der Waals surface area contributed by atoms with E-state index in [0.717, 1.165) is 0 Å². The van der Waals surface area contributed by atoms with Crippen LogP contribution >= 0.6 is 11.6 Å². The molecule has 6 heteroatoms. The molecule has 0 radical (unpaired) electrons. The SMILES string of the molecule is O=c1[nH]c(CNc2cc(F)cc(Cl)c2)nc2ccccc12. The van der Waals surface area contributed by atoms with Gasteiger partial charge in [0.1, 0.15) is 11.6 Å². The van der Waals surface area contributed by atoms with Crippen molar-refractivity contribution in [3.63, 3.8) is 0 Å². The summed E-state index contributed by atoms with van der Waals surface area (Å²) in [5.74, 6) is 0.0454. The van der Waals surface area contributed by atoms with Crippen LogP contribution in [0.3, 0.4) is 0 Å². The molecule has 0 fully saturated rings. The topological polar surface area (TPSA) is 57.8 Å². The Hall–Kier alpha value is -2.40. The summed E-state index contributed by atoms with van der Waals surface area (Å²) in [6, 6.07) is 11.2. The molecule has 2 aromatic carbocycles. The van der Waals surface area contributed by atoms with Crippen LogP contribution in [0.1, 0.15) is 5.82 Å². The third-order valence-electron chi connectivity index (χ3n) is 2.98. The molecule has 3 rings (SSSR count). The Morgan fingerprint density at radius 3 is 2.86 bits per heavy atom. The molecule has 0 atom stereocenters. The van der Waals surface area contributed by atoms with Crippen LogP contribution in [-0.4, -0.2) is 9.97 Å². The Bertz CT molecular complexity index is 843. The van der Waals surface area contributed by atoms with E-state index < -0.39 is 5.82 Å². The summed E-state index contributed by atoms with van der Waals surface area (Å²) < 4.78 is 13.2. The Morgan fingerprint density at radius 1 is 1.24 bits per heavy atom. The third kappa shape index (κ3) is 3.03. The fourth-order valence-electron chi connectivity index (χ4n) is 2.06. The van der Waals surface area contributed by atoms with Crippen LogP contribution < -0.4 is 10.9 Å². The molecular weight excluding hydrogens is 293 g/mol. The number of fused-ring (bicyclic) bond motifs is 1. The molecule has 106 valence electrons. The van der Waals surface area contributed by atoms with E-state index in [0.29, 0.717) is 27.4 Å². The van der Waals surface area contributed by atoms with Crippen LogP contribution in [-0.2, 0) is 6.54 Å². The van der Waals surface area contributed by atoms with Crippen molar-refractivity contribution in [2.45, 2.75) is 6.54 Å². The largest absolute Gasteiger partial charge is 0.378 e. The van der Waals surface area contributed by atoms with Crippen LogP contribution in [0.5, 0.6) is 0 Å². The van der Waals surface area contributed by atoms with Crippen molar-refractivity contribution in [1.82, 2.24) is 9.97 Å². The highest BCUT2D eigenvalue weighted by Gasteiger charge is 2.04. The molecule has 0 spiro atoms. The lowest BCUT2D eigenvalue weighted by molar-refractivity contribution is 0.628. The minimum absolute atomic E-state index is 0.199. The first-order chi connectivity index (χ1) is 10.1. The molecular formula is C15H11ClFN3O. The van der Waals surface area contributed by atoms with E-state index in [-0.39, 0.29) is 12.1 Å². The number of rotatable bonds is 3. The van der Waals surface area contributed by atoms with Gasteiger partial charge in [0, 0.05) is 10.7 Å². The molecule has 2 N–H and O–H groups in total. The molecule has 0 amide bonds. The van der Waals surface area contributed by atoms with Gasteiger partial charge in [-0.2, -0.15) is 0 Å². The van der Waals surface area contributed by atoms with Gasteiger partial charge in [0.15, 0.2) is 0 Å². The van der Waals surface area contributed by atoms with Crippen molar-refractivity contribution in [3.05, 3.63) is 69.5 Å². The number of hydrogen-bond acceptors (Lipinski definition) is 3. The normalized spacial score (nSPS) is 10.8. The second kappa shape index (κ2) is 5.54. The van der Waals surface area contributed by atoms with Gasteiger partial charge in [-0.15, -0.1) is 0 Å². The summed E-state index contributed by atoms with van der Waals surface area (Å²) in [5.41, 5.74) is 0.945. The first-order valence-electron chi connectivity index (χ1n) is 6.30. The Morgan fingerprint density at radius 2 is 2.05 bits per heavy atom. The first kappa shape index (κ1) is 13.6. The van der Waals surface area contributed by atoms with Gasteiger partial charge in [-0.1, -0.05) is 23.7 Å². The molecule has 3 aromatic rings. The van der Waals surface area contributed by atoms with Gasteiger partial charge >= 0.3 is 0 Å². The van der Waals surface area contributed by atoms with E-state index >= 15 is 0 Å². The highest BCUT2D eigenvalue weighted by molar-refractivity contribution is 6.30. The maximum absolute atomic E-state index is 13.2. The number of anilines is 1. The van der Waals surface area contributed by atoms with Crippen molar-refractivity contribution in [2.24, 2.45) is 0 Å². The number of nitrogens with one attached hydrogen (secondary N) is 2. The van der Waals surface area contributed by atoms with E-state index in [1.807, 2.05) is 6.07 Å². The molecule has 0 saturated heterocycles. The third-order valence-corrected chi connectivity index (χ3v) is 3.20. The standard InChI is InChI=1S/C15H11ClFN3O/c16-9-5-10(17)7-11(6-9)18-8-14-19-13-4-2-1-3-12(13)15(21)20-14/h1-7,18H,8H2,(H,19,20,21). The van der Waals surface area contributed by atoms with Crippen LogP contribution in [0.4, 0.5) is 10.1 Å². The van der Waals surface area contributed by atoms with Crippen molar-refractivity contribution < 1.29 is 4.39 Å². The summed E-state index contributed by atoms with van der Waals surface area (Å²) in [5, 5.41) is 3.82. The van der Waals surface area contributed by atoms with Crippen molar-refractivity contribution >= 4 is 28.2 Å². The zero-order valence-electron chi connectivity index (χ0n) is 10.9. The van der Waals surface area contributed by atoms with Gasteiger partial charge in [0.2, 0.25) is 0 Å². The number of H-pyrrole nitrogens is 1. The summed E-state index contributed by atoms with van der Waals surface area (Å²) in [7, 11) is 0. The first-order valence-corrected chi connectivity index (χ1v) is 6.67. The summed E-state index contributed by atoms with van der Waals surface area (Å²) >= 11 is 5.78. The Balaban J connectivity index is 1.86. The van der Waals surface area contributed by atoms with Gasteiger partial charge in [-0.25, -0.2) is 9.37 Å². The lowest BCUT2D eigenvalue weighted by Crippen LogP contribution is -2.14. The number of aromatic nitrogens is 2. The van der Waals surface area contributed by atoms with Gasteiger partial charge in [0.25, 0.3) is 5.56 Å². The van der Waals surface area contributed by atoms with Crippen molar-refractivity contribution in [2.75, 3.05) is 5.32 Å². The fraction of sp³-hybridized carbons (Fsp3) is 0.0667. The van der Waals surface area contributed by atoms with E-state index in [2.05, 4.69) is 15.3 Å². The Labute approximate surface area is 124 Å². The summed E-state index contributed by atoms with van der Waals surface area (Å²) in [4.78, 5) is 19.0. The summed E-state index contributed by atoms with van der Waals surface area (Å²) in [6.07, 6.45) is 0. The maximum Gasteiger partial charge on any atom is 0.258 e. The van der Waals surface area contributed by atoms with Gasteiger partial charge in [-0.05, 0) is 30.3 Å². The highest BCUT2D eigenvalue weighted by atomic mass is 35.5. The number of para-hydroxylation sites is 1. The zero-order chi connectivity index (χ0) is 14.8. The van der Waals surface area contributed by atoms with E-state index in [4.69, 9.17) is 11.6 Å².